The van der Waals surface area contributed by atoms with Crippen molar-refractivity contribution < 1.29 is 9.69 Å². The van der Waals surface area contributed by atoms with E-state index in [0.717, 1.165) is 50.4 Å². The Morgan fingerprint density at radius 3 is 2.62 bits per heavy atom. The molecule has 1 aliphatic carbocycles. The van der Waals surface area contributed by atoms with Crippen LogP contribution in [0.2, 0.25) is 0 Å². The molecule has 1 aromatic heterocycles. The van der Waals surface area contributed by atoms with E-state index in [0.29, 0.717) is 5.56 Å². The van der Waals surface area contributed by atoms with Gasteiger partial charge < -0.3 is 15.1 Å². The minimum absolute atomic E-state index is 0.0288. The van der Waals surface area contributed by atoms with Gasteiger partial charge in [-0.15, -0.1) is 11.3 Å². The van der Waals surface area contributed by atoms with Gasteiger partial charge >= 0.3 is 0 Å². The van der Waals surface area contributed by atoms with Gasteiger partial charge in [-0.25, -0.2) is 0 Å². The highest BCUT2D eigenvalue weighted by atomic mass is 32.1. The van der Waals surface area contributed by atoms with Crippen molar-refractivity contribution in [2.75, 3.05) is 36.4 Å². The van der Waals surface area contributed by atoms with Crippen molar-refractivity contribution >= 4 is 27.9 Å². The van der Waals surface area contributed by atoms with Gasteiger partial charge in [0, 0.05) is 10.6 Å². The lowest BCUT2D eigenvalue weighted by atomic mass is 10.1. The molecule has 5 nitrogen and oxygen atoms in total. The molecule has 0 unspecified atom stereocenters. The third-order valence-corrected chi connectivity index (χ3v) is 7.51. The summed E-state index contributed by atoms with van der Waals surface area (Å²) in [4.78, 5) is 18.0. The fourth-order valence-electron chi connectivity index (χ4n) is 4.48. The Morgan fingerprint density at radius 1 is 1.17 bits per heavy atom. The average Bonchev–Trinajstić information content (AvgIpc) is 2.92. The lowest BCUT2D eigenvalue weighted by molar-refractivity contribution is -0.914. The smallest absolute Gasteiger partial charge is 0.283 e. The highest BCUT2D eigenvalue weighted by molar-refractivity contribution is 7.16. The monoisotopic (exact) mass is 409 g/mol. The summed E-state index contributed by atoms with van der Waals surface area (Å²) in [5.74, 6) is 0.0288. The van der Waals surface area contributed by atoms with Gasteiger partial charge in [0.15, 0.2) is 6.04 Å². The number of hydrogen-bond acceptors (Lipinski definition) is 4. The summed E-state index contributed by atoms with van der Waals surface area (Å²) in [7, 11) is 0. The number of carbonyl (C=O) groups is 1. The van der Waals surface area contributed by atoms with E-state index in [1.54, 1.807) is 11.3 Å². The highest BCUT2D eigenvalue weighted by Gasteiger charge is 2.30. The Bertz CT molecular complexity index is 894. The molecule has 2 N–H and O–H groups in total. The number of fused-ring (bicyclic) bond motifs is 1. The number of benzene rings is 1. The normalized spacial score (nSPS) is 18.4. The summed E-state index contributed by atoms with van der Waals surface area (Å²) >= 11 is 1.62. The second kappa shape index (κ2) is 8.98. The first-order chi connectivity index (χ1) is 14.2. The number of quaternary nitrogens is 1. The van der Waals surface area contributed by atoms with Crippen LogP contribution in [0.3, 0.4) is 0 Å². The maximum absolute atomic E-state index is 13.0. The van der Waals surface area contributed by atoms with Crippen LogP contribution >= 0.6 is 11.3 Å². The molecule has 1 aliphatic heterocycles. The average molecular weight is 410 g/mol. The van der Waals surface area contributed by atoms with Gasteiger partial charge in [-0.05, 0) is 50.3 Å². The van der Waals surface area contributed by atoms with Crippen molar-refractivity contribution in [3.05, 3.63) is 46.3 Å². The van der Waals surface area contributed by atoms with Gasteiger partial charge in [0.1, 0.15) is 11.1 Å². The fraction of sp³-hybridized carbons (Fsp3) is 0.478. The molecule has 2 heterocycles. The summed E-state index contributed by atoms with van der Waals surface area (Å²) in [5, 5.41) is 13.6. The second-order valence-corrected chi connectivity index (χ2v) is 9.18. The summed E-state index contributed by atoms with van der Waals surface area (Å²) in [5.41, 5.74) is 3.14. The van der Waals surface area contributed by atoms with Crippen molar-refractivity contribution in [1.29, 1.82) is 5.26 Å². The van der Waals surface area contributed by atoms with Crippen LogP contribution in [0.1, 0.15) is 42.2 Å². The topological polar surface area (TPSA) is 60.6 Å². The van der Waals surface area contributed by atoms with E-state index < -0.39 is 0 Å². The second-order valence-electron chi connectivity index (χ2n) is 8.07. The van der Waals surface area contributed by atoms with E-state index in [-0.39, 0.29) is 11.9 Å². The number of rotatable bonds is 4. The van der Waals surface area contributed by atoms with Crippen LogP contribution in [0.15, 0.2) is 30.3 Å². The highest BCUT2D eigenvalue weighted by Crippen LogP contribution is 2.36. The van der Waals surface area contributed by atoms with Crippen LogP contribution in [-0.2, 0) is 17.6 Å². The lowest BCUT2D eigenvalue weighted by Gasteiger charge is -2.36. The maximum atomic E-state index is 13.0. The summed E-state index contributed by atoms with van der Waals surface area (Å²) < 4.78 is 0. The molecule has 0 radical (unpaired) electrons. The Kier molecular flexibility index (Phi) is 6.17. The molecule has 1 fully saturated rings. The Labute approximate surface area is 176 Å². The standard InChI is InChI=1S/C23H28N4OS/c1-17(26-12-14-27(15-13-26)18-8-4-2-5-9-18)22(28)25-23-20(16-24)19-10-6-3-7-11-21(19)29-23/h2,4-5,8-9,17H,3,6-7,10-15H2,1H3,(H,25,28)/p+1/t17-/m1/s1. The largest absolute Gasteiger partial charge is 0.360 e. The molecule has 0 saturated carbocycles. The van der Waals surface area contributed by atoms with E-state index in [4.69, 9.17) is 0 Å². The van der Waals surface area contributed by atoms with E-state index in [1.165, 1.54) is 33.9 Å². The molecule has 1 aromatic carbocycles. The van der Waals surface area contributed by atoms with Crippen LogP contribution in [0.25, 0.3) is 0 Å². The molecule has 152 valence electrons. The molecule has 4 rings (SSSR count). The van der Waals surface area contributed by atoms with E-state index >= 15 is 0 Å². The summed E-state index contributed by atoms with van der Waals surface area (Å²) in [6.07, 6.45) is 5.54. The molecular weight excluding hydrogens is 380 g/mol. The van der Waals surface area contributed by atoms with Gasteiger partial charge in [0.25, 0.3) is 5.91 Å². The Morgan fingerprint density at radius 2 is 1.90 bits per heavy atom. The first-order valence-corrected chi connectivity index (χ1v) is 11.5. The van der Waals surface area contributed by atoms with Gasteiger partial charge in [-0.1, -0.05) is 24.6 Å². The van der Waals surface area contributed by atoms with Gasteiger partial charge in [-0.3, -0.25) is 4.79 Å². The first-order valence-electron chi connectivity index (χ1n) is 10.7. The number of carbonyl (C=O) groups excluding carboxylic acids is 1. The van der Waals surface area contributed by atoms with Crippen LogP contribution in [-0.4, -0.2) is 38.1 Å². The zero-order valence-electron chi connectivity index (χ0n) is 17.0. The van der Waals surface area contributed by atoms with Crippen LogP contribution < -0.4 is 15.1 Å². The van der Waals surface area contributed by atoms with Gasteiger partial charge in [0.05, 0.1) is 31.7 Å². The number of nitriles is 1. The quantitative estimate of drug-likeness (QED) is 0.763. The number of nitrogens with zero attached hydrogens (tertiary/aromatic N) is 2. The minimum Gasteiger partial charge on any atom is -0.360 e. The first kappa shape index (κ1) is 19.9. The molecular formula is C23H29N4OS+. The Balaban J connectivity index is 1.39. The number of piperazine rings is 1. The number of nitrogens with one attached hydrogen (secondary N) is 2. The molecule has 1 atom stereocenters. The lowest BCUT2D eigenvalue weighted by Crippen LogP contribution is -3.19. The van der Waals surface area contributed by atoms with Crippen LogP contribution in [0, 0.1) is 11.3 Å². The minimum atomic E-state index is -0.124. The zero-order valence-corrected chi connectivity index (χ0v) is 17.9. The molecule has 1 amide bonds. The predicted octanol–water partition coefficient (Wildman–Crippen LogP) is 2.62. The molecule has 2 aromatic rings. The number of amides is 1. The predicted molar refractivity (Wildman–Crippen MR) is 118 cm³/mol. The van der Waals surface area contributed by atoms with Gasteiger partial charge in [0.2, 0.25) is 0 Å². The molecule has 2 aliphatic rings. The fourth-order valence-corrected chi connectivity index (χ4v) is 5.72. The van der Waals surface area contributed by atoms with E-state index in [9.17, 15) is 10.1 Å². The van der Waals surface area contributed by atoms with Crippen LogP contribution in [0.5, 0.6) is 0 Å². The van der Waals surface area contributed by atoms with Crippen LogP contribution in [0.4, 0.5) is 10.7 Å². The Hall–Kier alpha value is -2.36. The van der Waals surface area contributed by atoms with Crippen molar-refractivity contribution in [2.24, 2.45) is 0 Å². The van der Waals surface area contributed by atoms with Crippen molar-refractivity contribution in [2.45, 2.75) is 45.1 Å². The zero-order chi connectivity index (χ0) is 20.2. The number of aryl methyl sites for hydroxylation is 1. The number of anilines is 2. The SMILES string of the molecule is C[C@H](C(=O)Nc1sc2c(c1C#N)CCCCC2)[NH+]1CCN(c2ccccc2)CC1. The molecule has 0 spiro atoms. The summed E-state index contributed by atoms with van der Waals surface area (Å²) in [6, 6.07) is 12.7. The molecule has 6 heteroatoms. The molecule has 29 heavy (non-hydrogen) atoms. The van der Waals surface area contributed by atoms with Gasteiger partial charge in [-0.2, -0.15) is 5.26 Å². The third kappa shape index (κ3) is 4.31. The van der Waals surface area contributed by atoms with Crippen molar-refractivity contribution in [3.63, 3.8) is 0 Å². The van der Waals surface area contributed by atoms with Crippen molar-refractivity contribution in [3.8, 4) is 6.07 Å². The summed E-state index contributed by atoms with van der Waals surface area (Å²) in [6.45, 7) is 5.79. The third-order valence-electron chi connectivity index (χ3n) is 6.30. The van der Waals surface area contributed by atoms with Crippen molar-refractivity contribution in [1.82, 2.24) is 0 Å². The number of thiophene rings is 1. The van der Waals surface area contributed by atoms with E-state index in [2.05, 4.69) is 40.6 Å². The maximum Gasteiger partial charge on any atom is 0.283 e. The molecule has 1 saturated heterocycles. The molecule has 0 bridgehead atoms. The number of hydrogen-bond donors (Lipinski definition) is 2. The van der Waals surface area contributed by atoms with E-state index in [1.807, 2.05) is 13.0 Å². The number of para-hydroxylation sites is 1.